The van der Waals surface area contributed by atoms with E-state index in [0.29, 0.717) is 38.3 Å². The van der Waals surface area contributed by atoms with Gasteiger partial charge < -0.3 is 9.80 Å². The lowest BCUT2D eigenvalue weighted by Gasteiger charge is -2.39. The van der Waals surface area contributed by atoms with Gasteiger partial charge in [-0.15, -0.1) is 0 Å². The summed E-state index contributed by atoms with van der Waals surface area (Å²) in [4.78, 5) is 32.1. The van der Waals surface area contributed by atoms with Crippen molar-refractivity contribution in [3.63, 3.8) is 0 Å². The number of benzene rings is 1. The van der Waals surface area contributed by atoms with E-state index >= 15 is 0 Å². The first-order chi connectivity index (χ1) is 13.7. The fraction of sp³-hybridized carbons (Fsp3) is 0.476. The molecule has 7 nitrogen and oxygen atoms in total. The van der Waals surface area contributed by atoms with Gasteiger partial charge in [-0.05, 0) is 25.0 Å². The van der Waals surface area contributed by atoms with Gasteiger partial charge in [0.2, 0.25) is 5.91 Å². The fourth-order valence-electron chi connectivity index (χ4n) is 4.19. The molecule has 0 N–H and O–H groups in total. The number of fused-ring (bicyclic) bond motifs is 1. The molecule has 0 radical (unpaired) electrons. The van der Waals surface area contributed by atoms with E-state index in [1.807, 2.05) is 34.9 Å². The Morgan fingerprint density at radius 3 is 2.64 bits per heavy atom. The van der Waals surface area contributed by atoms with Crippen molar-refractivity contribution < 1.29 is 9.59 Å². The third-order valence-corrected chi connectivity index (χ3v) is 5.76. The largest absolute Gasteiger partial charge is 0.336 e. The average molecular weight is 381 g/mol. The molecule has 0 aliphatic carbocycles. The van der Waals surface area contributed by atoms with Gasteiger partial charge in [-0.1, -0.05) is 30.3 Å². The van der Waals surface area contributed by atoms with Crippen LogP contribution in [0.1, 0.15) is 29.4 Å². The van der Waals surface area contributed by atoms with E-state index in [0.717, 1.165) is 25.2 Å². The molecule has 0 bridgehead atoms. The van der Waals surface area contributed by atoms with Gasteiger partial charge in [0.25, 0.3) is 5.91 Å². The molecular weight excluding hydrogens is 354 g/mol. The molecule has 2 aliphatic rings. The zero-order chi connectivity index (χ0) is 19.5. The summed E-state index contributed by atoms with van der Waals surface area (Å²) in [6, 6.07) is 11.8. The lowest BCUT2D eigenvalue weighted by molar-refractivity contribution is -0.142. The molecule has 2 aliphatic heterocycles. The smallest absolute Gasteiger partial charge is 0.272 e. The van der Waals surface area contributed by atoms with Gasteiger partial charge in [0.05, 0.1) is 6.04 Å². The quantitative estimate of drug-likeness (QED) is 0.805. The Hall–Kier alpha value is -2.67. The number of rotatable bonds is 4. The number of carbonyl (C=O) groups is 2. The number of aromatic nitrogens is 2. The second-order valence-electron chi connectivity index (χ2n) is 7.41. The number of hydrogen-bond acceptors (Lipinski definition) is 4. The molecule has 3 heterocycles. The van der Waals surface area contributed by atoms with Gasteiger partial charge in [0.15, 0.2) is 0 Å². The number of aryl methyl sites for hydroxylation is 1. The third kappa shape index (κ3) is 3.67. The van der Waals surface area contributed by atoms with Gasteiger partial charge in [-0.2, -0.15) is 5.10 Å². The van der Waals surface area contributed by atoms with Gasteiger partial charge in [-0.3, -0.25) is 19.2 Å². The Morgan fingerprint density at radius 2 is 1.86 bits per heavy atom. The zero-order valence-corrected chi connectivity index (χ0v) is 16.3. The highest BCUT2D eigenvalue weighted by atomic mass is 16.2. The number of carbonyl (C=O) groups excluding carboxylic acids is 2. The minimum atomic E-state index is -0.133. The van der Waals surface area contributed by atoms with E-state index < -0.39 is 0 Å². The van der Waals surface area contributed by atoms with Crippen molar-refractivity contribution in [2.45, 2.75) is 32.5 Å². The maximum Gasteiger partial charge on any atom is 0.272 e. The highest BCUT2D eigenvalue weighted by Gasteiger charge is 2.37. The van der Waals surface area contributed by atoms with Crippen LogP contribution in [-0.2, 0) is 17.9 Å². The van der Waals surface area contributed by atoms with E-state index in [1.54, 1.807) is 16.9 Å². The summed E-state index contributed by atoms with van der Waals surface area (Å²) >= 11 is 0. The normalized spacial score (nSPS) is 20.8. The van der Waals surface area contributed by atoms with Gasteiger partial charge in [-0.25, -0.2) is 0 Å². The van der Waals surface area contributed by atoms with Crippen LogP contribution in [0.15, 0.2) is 42.6 Å². The lowest BCUT2D eigenvalue weighted by Crippen LogP contribution is -2.56. The molecule has 1 aromatic carbocycles. The van der Waals surface area contributed by atoms with Crippen molar-refractivity contribution in [3.05, 3.63) is 53.9 Å². The predicted molar refractivity (Wildman–Crippen MR) is 106 cm³/mol. The molecule has 0 unspecified atom stereocenters. The molecule has 0 spiro atoms. The molecule has 2 aromatic rings. The van der Waals surface area contributed by atoms with Crippen LogP contribution in [0.25, 0.3) is 0 Å². The summed E-state index contributed by atoms with van der Waals surface area (Å²) in [6.45, 7) is 6.88. The third-order valence-electron chi connectivity index (χ3n) is 5.76. The number of nitrogens with zero attached hydrogens (tertiary/aromatic N) is 5. The maximum atomic E-state index is 13.1. The monoisotopic (exact) mass is 381 g/mol. The fourth-order valence-corrected chi connectivity index (χ4v) is 4.19. The lowest BCUT2D eigenvalue weighted by atomic mass is 10.1. The number of piperazine rings is 1. The molecule has 2 saturated heterocycles. The van der Waals surface area contributed by atoms with Crippen LogP contribution in [0.2, 0.25) is 0 Å². The van der Waals surface area contributed by atoms with Crippen LogP contribution >= 0.6 is 0 Å². The molecule has 28 heavy (non-hydrogen) atoms. The van der Waals surface area contributed by atoms with E-state index in [9.17, 15) is 9.59 Å². The second kappa shape index (κ2) is 8.14. The Bertz CT molecular complexity index is 834. The summed E-state index contributed by atoms with van der Waals surface area (Å²) in [5, 5.41) is 4.21. The van der Waals surface area contributed by atoms with Crippen LogP contribution < -0.4 is 0 Å². The summed E-state index contributed by atoms with van der Waals surface area (Å²) < 4.78 is 1.73. The van der Waals surface area contributed by atoms with Crippen molar-refractivity contribution in [3.8, 4) is 0 Å². The first-order valence-corrected chi connectivity index (χ1v) is 10.0. The van der Waals surface area contributed by atoms with Crippen molar-refractivity contribution in [1.82, 2.24) is 24.5 Å². The molecule has 7 heteroatoms. The molecule has 2 fully saturated rings. The summed E-state index contributed by atoms with van der Waals surface area (Å²) in [5.41, 5.74) is 1.78. The van der Waals surface area contributed by atoms with E-state index in [4.69, 9.17) is 0 Å². The van der Waals surface area contributed by atoms with Gasteiger partial charge in [0, 0.05) is 52.0 Å². The van der Waals surface area contributed by atoms with Crippen LogP contribution in [0.4, 0.5) is 0 Å². The molecule has 2 amide bonds. The Balaban J connectivity index is 1.43. The van der Waals surface area contributed by atoms with E-state index in [1.165, 1.54) is 0 Å². The van der Waals surface area contributed by atoms with Crippen molar-refractivity contribution in [1.29, 1.82) is 0 Å². The summed E-state index contributed by atoms with van der Waals surface area (Å²) in [6.07, 6.45) is 2.35. The molecule has 1 atom stereocenters. The first kappa shape index (κ1) is 18.7. The number of hydrogen-bond donors (Lipinski definition) is 0. The first-order valence-electron chi connectivity index (χ1n) is 10.0. The Morgan fingerprint density at radius 1 is 1.07 bits per heavy atom. The minimum Gasteiger partial charge on any atom is -0.336 e. The Kier molecular flexibility index (Phi) is 5.43. The predicted octanol–water partition coefficient (Wildman–Crippen LogP) is 1.46. The standard InChI is InChI=1S/C21H27N5O2/c1-2-26-19(8-10-22-26)21(28)24-11-9-18-20(27)25(15-13-23(18)12-14-24)16-17-6-4-3-5-7-17/h3-8,10,18H,2,9,11-16H2,1H3/t18-/m0/s1. The van der Waals surface area contributed by atoms with Gasteiger partial charge in [0.1, 0.15) is 5.69 Å². The van der Waals surface area contributed by atoms with Crippen LogP contribution in [-0.4, -0.2) is 75.1 Å². The van der Waals surface area contributed by atoms with Crippen LogP contribution in [0.3, 0.4) is 0 Å². The molecule has 4 rings (SSSR count). The summed E-state index contributed by atoms with van der Waals surface area (Å²) in [7, 11) is 0. The van der Waals surface area contributed by atoms with Crippen molar-refractivity contribution in [2.75, 3.05) is 32.7 Å². The topological polar surface area (TPSA) is 61.7 Å². The highest BCUT2D eigenvalue weighted by Crippen LogP contribution is 2.21. The minimum absolute atomic E-state index is 0.00721. The van der Waals surface area contributed by atoms with Crippen LogP contribution in [0.5, 0.6) is 0 Å². The van der Waals surface area contributed by atoms with E-state index in [2.05, 4.69) is 22.1 Å². The average Bonchev–Trinajstić information content (AvgIpc) is 3.09. The van der Waals surface area contributed by atoms with Crippen molar-refractivity contribution >= 4 is 11.8 Å². The zero-order valence-electron chi connectivity index (χ0n) is 16.3. The van der Waals surface area contributed by atoms with Crippen LogP contribution in [0, 0.1) is 0 Å². The maximum absolute atomic E-state index is 13.1. The molecule has 0 saturated carbocycles. The van der Waals surface area contributed by atoms with E-state index in [-0.39, 0.29) is 17.9 Å². The number of amides is 2. The molecular formula is C21H27N5O2. The second-order valence-corrected chi connectivity index (χ2v) is 7.41. The molecule has 148 valence electrons. The SMILES string of the molecule is CCn1nccc1C(=O)N1CC[C@H]2C(=O)N(Cc3ccccc3)CCN2CC1. The molecule has 1 aromatic heterocycles. The van der Waals surface area contributed by atoms with Gasteiger partial charge >= 0.3 is 0 Å². The van der Waals surface area contributed by atoms with Crippen molar-refractivity contribution in [2.24, 2.45) is 0 Å². The highest BCUT2D eigenvalue weighted by molar-refractivity contribution is 5.92. The Labute approximate surface area is 165 Å². The summed E-state index contributed by atoms with van der Waals surface area (Å²) in [5.74, 6) is 0.191.